The molecule has 0 spiro atoms. The second kappa shape index (κ2) is 24.7. The maximum Gasteiger partial charge on any atom is 0.890 e. The van der Waals surface area contributed by atoms with Crippen molar-refractivity contribution in [3.05, 3.63) is 35.7 Å². The van der Waals surface area contributed by atoms with Gasteiger partial charge < -0.3 is 31.2 Å². The van der Waals surface area contributed by atoms with Gasteiger partial charge in [0.1, 0.15) is 21.8 Å². The number of quaternary nitrogens is 1. The third-order valence-electron chi connectivity index (χ3n) is 14.9. The van der Waals surface area contributed by atoms with Crippen molar-refractivity contribution in [3.8, 4) is 40.5 Å². The molecule has 1 rings (SSSR count). The zero-order valence-electron chi connectivity index (χ0n) is 44.5. The van der Waals surface area contributed by atoms with Gasteiger partial charge in [0.25, 0.3) is 0 Å². The molecular formula is C52H94BNO3Si4. The summed E-state index contributed by atoms with van der Waals surface area (Å²) in [6.45, 7) is 59.4. The first-order chi connectivity index (χ1) is 27.9. The molecule has 0 saturated heterocycles. The van der Waals surface area contributed by atoms with Crippen LogP contribution in [-0.2, 0) is 14.0 Å². The zero-order chi connectivity index (χ0) is 48.1. The summed E-state index contributed by atoms with van der Waals surface area (Å²) in [5.74, 6) is 0. The quantitative estimate of drug-likeness (QED) is 0.0733. The fourth-order valence-corrected chi connectivity index (χ4v) is 32.9. The molecule has 344 valence electrons. The molecule has 0 atom stereocenters. The molecule has 0 aliphatic rings. The van der Waals surface area contributed by atoms with Crippen molar-refractivity contribution >= 4 is 45.3 Å². The molecule has 2 N–H and O–H groups in total. The number of hydrogen-bond donors (Lipinski definition) is 1. The highest BCUT2D eigenvalue weighted by atomic mass is 28.3. The van der Waals surface area contributed by atoms with E-state index in [4.69, 9.17) is 20.4 Å². The van der Waals surface area contributed by atoms with Crippen LogP contribution < -0.4 is 5.32 Å². The van der Waals surface area contributed by atoms with Gasteiger partial charge in [-0.05, 0) is 94.7 Å². The lowest BCUT2D eigenvalue weighted by atomic mass is 10.1. The Bertz CT molecular complexity index is 1610. The van der Waals surface area contributed by atoms with Crippen LogP contribution >= 0.6 is 0 Å². The molecule has 0 bridgehead atoms. The summed E-state index contributed by atoms with van der Waals surface area (Å²) in [5.41, 5.74) is 23.4. The first kappa shape index (κ1) is 58.8. The number of nitrogens with two attached hydrogens (primary N) is 1. The second-order valence-electron chi connectivity index (χ2n) is 22.0. The van der Waals surface area contributed by atoms with E-state index in [1.54, 1.807) is 0 Å². The van der Waals surface area contributed by atoms with E-state index in [1.165, 1.54) is 16.8 Å². The molecule has 0 saturated carbocycles. The van der Waals surface area contributed by atoms with Crippen molar-refractivity contribution in [3.63, 3.8) is 0 Å². The molecule has 0 radical (unpaired) electrons. The number of aryl methyl sites for hydroxylation is 2. The Labute approximate surface area is 385 Å². The van der Waals surface area contributed by atoms with Crippen LogP contribution in [-0.4, -0.2) is 44.8 Å². The minimum atomic E-state index is -2.39. The van der Waals surface area contributed by atoms with E-state index in [2.05, 4.69) is 244 Å². The fraction of sp³-hybridized carbons (Fsp3) is 0.731. The molecule has 1 aromatic carbocycles. The van der Waals surface area contributed by atoms with Gasteiger partial charge in [-0.25, -0.2) is 0 Å². The largest absolute Gasteiger partial charge is 0.890 e. The Morgan fingerprint density at radius 1 is 0.492 bits per heavy atom. The normalized spacial score (nSPS) is 12.7. The van der Waals surface area contributed by atoms with Crippen LogP contribution in [0.3, 0.4) is 0 Å². The summed E-state index contributed by atoms with van der Waals surface area (Å²) in [7, 11) is -9.14. The summed E-state index contributed by atoms with van der Waals surface area (Å²) in [6, 6.07) is 6.70. The van der Waals surface area contributed by atoms with E-state index in [0.29, 0.717) is 61.0 Å². The molecule has 0 aromatic heterocycles. The summed E-state index contributed by atoms with van der Waals surface area (Å²) in [5, 5.41) is 2.31. The highest BCUT2D eigenvalue weighted by Gasteiger charge is 2.55. The standard InChI is InChI=1S/C41H72BNO3Si3.C11H21Si/c1-30(2)47(31(3)4,32(5)6)26-23-44-42(45-24-27-48(33(7)8,34(9)10)35(11)12)46-25-28-49(36(13)14,37(15)16)41(19,20)43-40-22-21-38(17)29-39(40)18;1-8-12(9(2)3,10(4)5)11(6)7/h21-22,29-37,43H,1-20H3;9-11H,2-7H3/q;-1/p+1. The van der Waals surface area contributed by atoms with Gasteiger partial charge in [0, 0.05) is 5.56 Å². The first-order valence-electron chi connectivity index (χ1n) is 23.8. The average molecular weight is 904 g/mol. The van der Waals surface area contributed by atoms with Crippen LogP contribution in [0.2, 0.25) is 61.0 Å². The molecule has 0 fully saturated rings. The lowest BCUT2D eigenvalue weighted by Crippen LogP contribution is -2.98. The molecule has 61 heavy (non-hydrogen) atoms. The van der Waals surface area contributed by atoms with E-state index >= 15 is 0 Å². The summed E-state index contributed by atoms with van der Waals surface area (Å²) in [4.78, 5) is 0. The van der Waals surface area contributed by atoms with Crippen LogP contribution in [0.1, 0.15) is 177 Å². The minimum absolute atomic E-state index is 0.142. The molecule has 0 aliphatic carbocycles. The van der Waals surface area contributed by atoms with Crippen molar-refractivity contribution in [2.45, 2.75) is 246 Å². The Kier molecular flexibility index (Phi) is 23.8. The van der Waals surface area contributed by atoms with Gasteiger partial charge in [0.05, 0.1) is 31.6 Å². The van der Waals surface area contributed by atoms with Crippen molar-refractivity contribution in [2.75, 3.05) is 0 Å². The molecule has 0 heterocycles. The van der Waals surface area contributed by atoms with Crippen molar-refractivity contribution in [2.24, 2.45) is 0 Å². The zero-order valence-corrected chi connectivity index (χ0v) is 48.5. The van der Waals surface area contributed by atoms with E-state index in [1.807, 2.05) is 0 Å². The van der Waals surface area contributed by atoms with Gasteiger partial charge in [0.2, 0.25) is 8.07 Å². The van der Waals surface area contributed by atoms with Crippen LogP contribution in [0.25, 0.3) is 0 Å². The van der Waals surface area contributed by atoms with Crippen LogP contribution in [0, 0.1) is 60.8 Å². The Balaban J connectivity index is 0.00000258. The Hall–Kier alpha value is -2.25. The lowest BCUT2D eigenvalue weighted by Gasteiger charge is -2.44. The van der Waals surface area contributed by atoms with E-state index < -0.39 is 39.6 Å². The molecular weight excluding hydrogens is 810 g/mol. The highest BCUT2D eigenvalue weighted by molar-refractivity contribution is 6.92. The average Bonchev–Trinajstić information content (AvgIpc) is 3.10. The Morgan fingerprint density at radius 3 is 1.05 bits per heavy atom. The van der Waals surface area contributed by atoms with Crippen LogP contribution in [0.5, 0.6) is 0 Å². The monoisotopic (exact) mass is 904 g/mol. The molecule has 0 aliphatic heterocycles. The topological polar surface area (TPSA) is 44.3 Å². The van der Waals surface area contributed by atoms with Gasteiger partial charge in [0.15, 0.2) is 0 Å². The summed E-state index contributed by atoms with van der Waals surface area (Å²) < 4.78 is 18.5. The lowest BCUT2D eigenvalue weighted by molar-refractivity contribution is -0.625. The maximum atomic E-state index is 7.51. The van der Waals surface area contributed by atoms with E-state index in [-0.39, 0.29) is 5.16 Å². The third-order valence-corrected chi connectivity index (χ3v) is 40.0. The molecule has 0 amide bonds. The number of hydrogen-bond acceptors (Lipinski definition) is 3. The van der Waals surface area contributed by atoms with Crippen LogP contribution in [0.15, 0.2) is 18.2 Å². The number of rotatable bonds is 17. The fourth-order valence-electron chi connectivity index (χ4n) is 12.0. The molecule has 1 aromatic rings. The second-order valence-corrected chi connectivity index (χ2v) is 44.4. The molecule has 0 unspecified atom stereocenters. The minimum Gasteiger partial charge on any atom is -0.701 e. The van der Waals surface area contributed by atoms with E-state index in [9.17, 15) is 0 Å². The van der Waals surface area contributed by atoms with Crippen molar-refractivity contribution in [1.29, 1.82) is 0 Å². The third kappa shape index (κ3) is 13.6. The summed E-state index contributed by atoms with van der Waals surface area (Å²) >= 11 is 0. The van der Waals surface area contributed by atoms with Gasteiger partial charge in [-0.1, -0.05) is 187 Å². The molecule has 9 heteroatoms. The van der Waals surface area contributed by atoms with Gasteiger partial charge >= 0.3 is 7.32 Å². The Morgan fingerprint density at radius 2 is 0.803 bits per heavy atom. The predicted molar refractivity (Wildman–Crippen MR) is 280 cm³/mol. The smallest absolute Gasteiger partial charge is 0.701 e. The highest BCUT2D eigenvalue weighted by Crippen LogP contribution is 2.43. The maximum absolute atomic E-state index is 7.51. The van der Waals surface area contributed by atoms with E-state index in [0.717, 1.165) is 0 Å². The SMILES string of the molecule is Cc1ccc([NH2+]C(C)(C)[Si](C#COB(OC#C[Si](C(C)C)(C(C)C)C(C)C)OC#C[Si](C(C)C)(C(C)C)C(C)C)(C(C)C)C(C)C)c(C)c1.[C-]#C[Si](C(C)C)(C(C)C)C(C)C. The number of benzene rings is 1. The van der Waals surface area contributed by atoms with Crippen molar-refractivity contribution in [1.82, 2.24) is 0 Å². The van der Waals surface area contributed by atoms with Crippen LogP contribution in [0.4, 0.5) is 5.69 Å². The van der Waals surface area contributed by atoms with Gasteiger partial charge in [-0.2, -0.15) is 0 Å². The predicted octanol–water partition coefficient (Wildman–Crippen LogP) is 14.8. The van der Waals surface area contributed by atoms with Gasteiger partial charge in [-0.15, -0.1) is 0 Å². The van der Waals surface area contributed by atoms with Crippen molar-refractivity contribution < 1.29 is 19.3 Å². The summed E-state index contributed by atoms with van der Waals surface area (Å²) in [6.07, 6.45) is 16.9. The molecule has 4 nitrogen and oxygen atoms in total. The van der Waals surface area contributed by atoms with Gasteiger partial charge in [-0.3, -0.25) is 0 Å². The first-order valence-corrected chi connectivity index (χ1v) is 32.6.